The summed E-state index contributed by atoms with van der Waals surface area (Å²) in [7, 11) is 1.79. The zero-order valence-electron chi connectivity index (χ0n) is 9.62. The molecule has 2 N–H and O–H groups in total. The van der Waals surface area contributed by atoms with Gasteiger partial charge in [-0.25, -0.2) is 4.52 Å². The Balaban J connectivity index is 2.27. The Hall–Kier alpha value is -1.36. The molecule has 1 saturated carbocycles. The molecule has 1 fully saturated rings. The van der Waals surface area contributed by atoms with Crippen molar-refractivity contribution < 1.29 is 19.2 Å². The van der Waals surface area contributed by atoms with Crippen LogP contribution in [-0.4, -0.2) is 17.6 Å². The predicted octanol–water partition coefficient (Wildman–Crippen LogP) is 0.476. The quantitative estimate of drug-likeness (QED) is 0.735. The smallest absolute Gasteiger partial charge is 0.282 e. The molecule has 2 rings (SSSR count). The Kier molecular flexibility index (Phi) is 2.71. The lowest BCUT2D eigenvalue weighted by Gasteiger charge is -2.35. The highest BCUT2D eigenvalue weighted by Crippen LogP contribution is 2.42. The van der Waals surface area contributed by atoms with Gasteiger partial charge in [-0.1, -0.05) is 6.42 Å². The topological polar surface area (TPSA) is 66.3 Å². The first-order valence-electron chi connectivity index (χ1n) is 5.47. The number of aromatic nitrogens is 1. The average molecular weight is 225 g/mol. The monoisotopic (exact) mass is 225 g/mol. The molecular formula is C11H17N2O3+. The lowest BCUT2D eigenvalue weighted by molar-refractivity contribution is -0.851. The minimum Gasteiger partial charge on any atom is -0.395 e. The van der Waals surface area contributed by atoms with Crippen LogP contribution in [-0.2, 0) is 17.3 Å². The van der Waals surface area contributed by atoms with Crippen molar-refractivity contribution in [2.75, 3.05) is 11.9 Å². The second kappa shape index (κ2) is 3.90. The molecule has 88 valence electrons. The number of amides is 1. The third-order valence-electron chi connectivity index (χ3n) is 3.30. The van der Waals surface area contributed by atoms with E-state index in [1.54, 1.807) is 17.9 Å². The number of aryl methyl sites for hydroxylation is 1. The number of hydrogen-bond acceptors (Lipinski definition) is 3. The van der Waals surface area contributed by atoms with E-state index in [2.05, 4.69) is 5.32 Å². The highest BCUT2D eigenvalue weighted by atomic mass is 16.5. The number of carbonyl (C=O) groups excluding carboxylic acids is 1. The van der Waals surface area contributed by atoms with Gasteiger partial charge in [-0.3, -0.25) is 10.1 Å². The highest BCUT2D eigenvalue weighted by Gasteiger charge is 2.46. The van der Waals surface area contributed by atoms with Crippen LogP contribution in [0.5, 0.6) is 0 Å². The number of hydrogen-bond donors (Lipinski definition) is 2. The number of anilines is 1. The fourth-order valence-corrected chi connectivity index (χ4v) is 2.26. The molecule has 1 aliphatic carbocycles. The normalized spacial score (nSPS) is 17.9. The third-order valence-corrected chi connectivity index (χ3v) is 3.30. The van der Waals surface area contributed by atoms with E-state index in [1.165, 1.54) is 6.92 Å². The first-order chi connectivity index (χ1) is 7.57. The lowest BCUT2D eigenvalue weighted by Crippen LogP contribution is -2.47. The Bertz CT molecular complexity index is 402. The first kappa shape index (κ1) is 11.1. The van der Waals surface area contributed by atoms with Crippen molar-refractivity contribution >= 4 is 11.8 Å². The van der Waals surface area contributed by atoms with Crippen LogP contribution < -0.4 is 10.1 Å². The van der Waals surface area contributed by atoms with Gasteiger partial charge < -0.3 is 5.11 Å². The Morgan fingerprint density at radius 3 is 2.81 bits per heavy atom. The average Bonchev–Trinajstić information content (AvgIpc) is 2.46. The molecule has 0 saturated heterocycles. The van der Waals surface area contributed by atoms with Crippen LogP contribution in [0.15, 0.2) is 10.6 Å². The van der Waals surface area contributed by atoms with Crippen LogP contribution in [0.25, 0.3) is 0 Å². The molecule has 1 aliphatic rings. The van der Waals surface area contributed by atoms with Crippen molar-refractivity contribution in [3.63, 3.8) is 0 Å². The van der Waals surface area contributed by atoms with Crippen molar-refractivity contribution in [1.82, 2.24) is 0 Å². The van der Waals surface area contributed by atoms with E-state index in [9.17, 15) is 9.90 Å². The summed E-state index contributed by atoms with van der Waals surface area (Å²) in [6.45, 7) is 1.56. The molecule has 1 amide bonds. The molecule has 0 radical (unpaired) electrons. The number of aliphatic hydroxyl groups is 1. The summed E-state index contributed by atoms with van der Waals surface area (Å²) >= 11 is 0. The van der Waals surface area contributed by atoms with Crippen LogP contribution >= 0.6 is 0 Å². The fourth-order valence-electron chi connectivity index (χ4n) is 2.26. The summed E-state index contributed by atoms with van der Waals surface area (Å²) in [6.07, 6.45) is 3.06. The maximum absolute atomic E-state index is 10.9. The number of aliphatic hydroxyl groups excluding tert-OH is 1. The summed E-state index contributed by atoms with van der Waals surface area (Å²) in [5.74, 6) is 0.275. The second-order valence-corrected chi connectivity index (χ2v) is 4.46. The van der Waals surface area contributed by atoms with Crippen molar-refractivity contribution in [3.8, 4) is 0 Å². The van der Waals surface area contributed by atoms with Gasteiger partial charge in [0.25, 0.3) is 5.88 Å². The predicted molar refractivity (Wildman–Crippen MR) is 56.8 cm³/mol. The molecule has 1 heterocycles. The minimum absolute atomic E-state index is 0.125. The van der Waals surface area contributed by atoms with Gasteiger partial charge in [0.2, 0.25) is 11.6 Å². The largest absolute Gasteiger partial charge is 0.395 e. The van der Waals surface area contributed by atoms with E-state index in [0.717, 1.165) is 25.0 Å². The van der Waals surface area contributed by atoms with E-state index in [4.69, 9.17) is 4.52 Å². The molecule has 16 heavy (non-hydrogen) atoms. The molecule has 0 aliphatic heterocycles. The van der Waals surface area contributed by atoms with E-state index >= 15 is 0 Å². The molecule has 0 aromatic carbocycles. The van der Waals surface area contributed by atoms with E-state index in [1.807, 2.05) is 0 Å². The van der Waals surface area contributed by atoms with Crippen LogP contribution in [0.3, 0.4) is 0 Å². The summed E-state index contributed by atoms with van der Waals surface area (Å²) in [5, 5.41) is 12.1. The van der Waals surface area contributed by atoms with Gasteiger partial charge in [0.1, 0.15) is 0 Å². The van der Waals surface area contributed by atoms with E-state index in [-0.39, 0.29) is 17.9 Å². The Morgan fingerprint density at radius 1 is 1.69 bits per heavy atom. The van der Waals surface area contributed by atoms with Gasteiger partial charge >= 0.3 is 0 Å². The van der Waals surface area contributed by atoms with Crippen LogP contribution in [0.4, 0.5) is 5.88 Å². The number of nitrogens with zero attached hydrogens (tertiary/aromatic N) is 1. The molecule has 0 bridgehead atoms. The van der Waals surface area contributed by atoms with Crippen LogP contribution in [0.2, 0.25) is 0 Å². The summed E-state index contributed by atoms with van der Waals surface area (Å²) < 4.78 is 7.01. The Labute approximate surface area is 94.0 Å². The molecule has 5 nitrogen and oxygen atoms in total. The van der Waals surface area contributed by atoms with E-state index in [0.29, 0.717) is 5.88 Å². The van der Waals surface area contributed by atoms with Gasteiger partial charge in [-0.2, -0.15) is 0 Å². The van der Waals surface area contributed by atoms with Crippen molar-refractivity contribution in [2.24, 2.45) is 7.05 Å². The Morgan fingerprint density at radius 2 is 2.38 bits per heavy atom. The standard InChI is InChI=1S/C11H16N2O3/c1-8(15)12-10-6-9(13(2)16-10)11(7-14)4-3-5-11/h6,14H,3-5,7H2,1-2H3/p+1. The zero-order valence-corrected chi connectivity index (χ0v) is 9.62. The number of carbonyl (C=O) groups is 1. The maximum atomic E-state index is 10.9. The van der Waals surface area contributed by atoms with Crippen LogP contribution in [0.1, 0.15) is 31.9 Å². The van der Waals surface area contributed by atoms with Crippen LogP contribution in [0, 0.1) is 0 Å². The summed E-state index contributed by atoms with van der Waals surface area (Å²) in [6, 6.07) is 1.80. The van der Waals surface area contributed by atoms with Gasteiger partial charge in [-0.05, 0) is 17.6 Å². The van der Waals surface area contributed by atoms with Crippen molar-refractivity contribution in [1.29, 1.82) is 0 Å². The summed E-state index contributed by atoms with van der Waals surface area (Å²) in [4.78, 5) is 10.9. The van der Waals surface area contributed by atoms with Crippen molar-refractivity contribution in [2.45, 2.75) is 31.6 Å². The number of rotatable bonds is 3. The molecule has 1 aromatic heterocycles. The van der Waals surface area contributed by atoms with Gasteiger partial charge in [0.05, 0.1) is 18.1 Å². The maximum Gasteiger partial charge on any atom is 0.282 e. The third kappa shape index (κ3) is 1.71. The van der Waals surface area contributed by atoms with Gasteiger partial charge in [-0.15, -0.1) is 0 Å². The molecule has 1 aromatic rings. The molecule has 0 unspecified atom stereocenters. The molecule has 5 heteroatoms. The highest BCUT2D eigenvalue weighted by molar-refractivity contribution is 5.87. The molecule has 0 spiro atoms. The SMILES string of the molecule is CC(=O)Nc1cc(C2(CO)CCC2)[n+](C)o1. The first-order valence-corrected chi connectivity index (χ1v) is 5.47. The summed E-state index contributed by atoms with van der Waals surface area (Å²) in [5.41, 5.74) is 0.777. The minimum atomic E-state index is -0.172. The van der Waals surface area contributed by atoms with Gasteiger partial charge in [0.15, 0.2) is 7.05 Å². The zero-order chi connectivity index (χ0) is 11.8. The number of nitrogens with one attached hydrogen (secondary N) is 1. The molecule has 0 atom stereocenters. The van der Waals surface area contributed by atoms with Crippen molar-refractivity contribution in [3.05, 3.63) is 11.8 Å². The molecular weight excluding hydrogens is 208 g/mol. The van der Waals surface area contributed by atoms with E-state index < -0.39 is 0 Å². The fraction of sp³-hybridized carbons (Fsp3) is 0.636. The lowest BCUT2D eigenvalue weighted by atomic mass is 9.67. The second-order valence-electron chi connectivity index (χ2n) is 4.46. The van der Waals surface area contributed by atoms with Gasteiger partial charge in [0, 0.05) is 6.92 Å².